The standard InChI is InChI=1S/C16H8Cl4O2S2/c1-5(21)11-7(17)3-9-15(13(11)19)23-10-4-8(18)12(6(2)22)14(20)16(10)24-9/h3-4H,1-2H3. The van der Waals surface area contributed by atoms with Crippen molar-refractivity contribution in [2.45, 2.75) is 33.4 Å². The van der Waals surface area contributed by atoms with Crippen molar-refractivity contribution in [3.05, 3.63) is 43.4 Å². The van der Waals surface area contributed by atoms with E-state index in [4.69, 9.17) is 46.4 Å². The molecule has 3 rings (SSSR count). The van der Waals surface area contributed by atoms with Crippen molar-refractivity contribution in [2.75, 3.05) is 0 Å². The molecule has 0 aliphatic carbocycles. The first kappa shape index (κ1) is 18.4. The largest absolute Gasteiger partial charge is 0.294 e. The van der Waals surface area contributed by atoms with Crippen LogP contribution in [0.15, 0.2) is 31.7 Å². The normalized spacial score (nSPS) is 12.6. The van der Waals surface area contributed by atoms with Crippen LogP contribution >= 0.6 is 69.9 Å². The van der Waals surface area contributed by atoms with Crippen LogP contribution in [0.25, 0.3) is 0 Å². The number of halogens is 4. The van der Waals surface area contributed by atoms with Crippen LogP contribution in [0.5, 0.6) is 0 Å². The van der Waals surface area contributed by atoms with E-state index in [0.29, 0.717) is 31.2 Å². The number of hydrogen-bond donors (Lipinski definition) is 0. The van der Waals surface area contributed by atoms with Crippen LogP contribution in [0, 0.1) is 0 Å². The van der Waals surface area contributed by atoms with Gasteiger partial charge in [0, 0.05) is 19.6 Å². The molecular weight excluding hydrogens is 430 g/mol. The van der Waals surface area contributed by atoms with Crippen LogP contribution in [-0.4, -0.2) is 11.6 Å². The number of carbonyl (C=O) groups excluding carboxylic acids is 2. The first-order valence-electron chi connectivity index (χ1n) is 6.64. The zero-order valence-corrected chi connectivity index (χ0v) is 17.0. The summed E-state index contributed by atoms with van der Waals surface area (Å²) in [5.74, 6) is -0.403. The fourth-order valence-electron chi connectivity index (χ4n) is 2.37. The molecule has 2 aromatic rings. The Morgan fingerprint density at radius 3 is 1.38 bits per heavy atom. The third-order valence-corrected chi connectivity index (χ3v) is 7.58. The van der Waals surface area contributed by atoms with Gasteiger partial charge in [0.2, 0.25) is 0 Å². The number of fused-ring (bicyclic) bond motifs is 2. The molecule has 2 nitrogen and oxygen atoms in total. The maximum absolute atomic E-state index is 11.8. The molecule has 0 fully saturated rings. The molecular formula is C16H8Cl4O2S2. The predicted octanol–water partition coefficient (Wildman–Crippen LogP) is 7.32. The van der Waals surface area contributed by atoms with Crippen LogP contribution in [0.2, 0.25) is 20.1 Å². The Morgan fingerprint density at radius 2 is 1.08 bits per heavy atom. The monoisotopic (exact) mass is 436 g/mol. The summed E-state index contributed by atoms with van der Waals surface area (Å²) in [5.41, 5.74) is 0.595. The minimum atomic E-state index is -0.202. The third kappa shape index (κ3) is 2.98. The molecule has 124 valence electrons. The molecule has 1 aliphatic rings. The van der Waals surface area contributed by atoms with Gasteiger partial charge in [-0.15, -0.1) is 0 Å². The van der Waals surface area contributed by atoms with E-state index in [1.165, 1.54) is 37.4 Å². The lowest BCUT2D eigenvalue weighted by Gasteiger charge is -2.23. The zero-order chi connectivity index (χ0) is 17.8. The first-order chi connectivity index (χ1) is 11.2. The van der Waals surface area contributed by atoms with E-state index in [1.807, 2.05) is 0 Å². The molecule has 2 aromatic carbocycles. The second-order valence-corrected chi connectivity index (χ2v) is 8.74. The quantitative estimate of drug-likeness (QED) is 0.393. The molecule has 0 amide bonds. The molecule has 0 unspecified atom stereocenters. The van der Waals surface area contributed by atoms with Crippen LogP contribution < -0.4 is 0 Å². The molecule has 0 saturated carbocycles. The van der Waals surface area contributed by atoms with E-state index in [1.54, 1.807) is 12.1 Å². The molecule has 24 heavy (non-hydrogen) atoms. The average molecular weight is 438 g/mol. The Morgan fingerprint density at radius 1 is 0.750 bits per heavy atom. The lowest BCUT2D eigenvalue weighted by molar-refractivity contribution is 0.100. The number of rotatable bonds is 2. The molecule has 8 heteroatoms. The van der Waals surface area contributed by atoms with Crippen molar-refractivity contribution in [1.82, 2.24) is 0 Å². The van der Waals surface area contributed by atoms with Crippen LogP contribution in [-0.2, 0) is 0 Å². The van der Waals surface area contributed by atoms with Gasteiger partial charge in [0.15, 0.2) is 11.6 Å². The number of carbonyl (C=O) groups is 2. The van der Waals surface area contributed by atoms with E-state index in [9.17, 15) is 9.59 Å². The summed E-state index contributed by atoms with van der Waals surface area (Å²) in [6.07, 6.45) is 0. The van der Waals surface area contributed by atoms with Gasteiger partial charge in [0.25, 0.3) is 0 Å². The Bertz CT molecular complexity index is 850. The van der Waals surface area contributed by atoms with E-state index in [2.05, 4.69) is 0 Å². The maximum Gasteiger partial charge on any atom is 0.162 e. The molecule has 0 spiro atoms. The van der Waals surface area contributed by atoms with E-state index < -0.39 is 0 Å². The second-order valence-electron chi connectivity index (χ2n) is 5.07. The smallest absolute Gasteiger partial charge is 0.162 e. The number of benzene rings is 2. The molecule has 0 radical (unpaired) electrons. The van der Waals surface area contributed by atoms with Gasteiger partial charge in [-0.05, 0) is 26.0 Å². The van der Waals surface area contributed by atoms with Gasteiger partial charge in [0.05, 0.1) is 31.2 Å². The van der Waals surface area contributed by atoms with Crippen LogP contribution in [0.1, 0.15) is 34.6 Å². The fourth-order valence-corrected chi connectivity index (χ4v) is 6.67. The van der Waals surface area contributed by atoms with Gasteiger partial charge >= 0.3 is 0 Å². The summed E-state index contributed by atoms with van der Waals surface area (Å²) < 4.78 is 0. The van der Waals surface area contributed by atoms with Crippen LogP contribution in [0.4, 0.5) is 0 Å². The summed E-state index contributed by atoms with van der Waals surface area (Å²) in [4.78, 5) is 26.6. The lowest BCUT2D eigenvalue weighted by atomic mass is 10.1. The highest BCUT2D eigenvalue weighted by Crippen LogP contribution is 2.56. The van der Waals surface area contributed by atoms with Crippen molar-refractivity contribution in [3.63, 3.8) is 0 Å². The van der Waals surface area contributed by atoms with Gasteiger partial charge in [-0.2, -0.15) is 0 Å². The van der Waals surface area contributed by atoms with Gasteiger partial charge in [-0.25, -0.2) is 0 Å². The molecule has 0 atom stereocenters. The number of hydrogen-bond acceptors (Lipinski definition) is 4. The van der Waals surface area contributed by atoms with Crippen molar-refractivity contribution in [1.29, 1.82) is 0 Å². The van der Waals surface area contributed by atoms with Gasteiger partial charge in [-0.3, -0.25) is 9.59 Å². The SMILES string of the molecule is CC(=O)c1c(Cl)cc2c(c1Cl)Sc1cc(Cl)c(C(C)=O)c(Cl)c1S2. The van der Waals surface area contributed by atoms with Crippen molar-refractivity contribution in [3.8, 4) is 0 Å². The fraction of sp³-hybridized carbons (Fsp3) is 0.125. The summed E-state index contributed by atoms with van der Waals surface area (Å²) in [5, 5.41) is 1.21. The van der Waals surface area contributed by atoms with Crippen molar-refractivity contribution in [2.24, 2.45) is 0 Å². The average Bonchev–Trinajstić information content (AvgIpc) is 2.45. The van der Waals surface area contributed by atoms with Crippen molar-refractivity contribution >= 4 is 81.5 Å². The number of Topliss-reactive ketones (excluding diaryl/α,β-unsaturated/α-hetero) is 2. The minimum absolute atomic E-state index is 0.202. The Kier molecular flexibility index (Phi) is 5.18. The Balaban J connectivity index is 2.22. The maximum atomic E-state index is 11.8. The summed E-state index contributed by atoms with van der Waals surface area (Å²) in [7, 11) is 0. The highest BCUT2D eigenvalue weighted by Gasteiger charge is 2.28. The van der Waals surface area contributed by atoms with E-state index in [0.717, 1.165) is 19.6 Å². The second kappa shape index (κ2) is 6.75. The molecule has 0 N–H and O–H groups in total. The van der Waals surface area contributed by atoms with Gasteiger partial charge < -0.3 is 0 Å². The summed E-state index contributed by atoms with van der Waals surface area (Å²) >= 11 is 27.9. The first-order valence-corrected chi connectivity index (χ1v) is 9.78. The Hall–Kier alpha value is -0.360. The summed E-state index contributed by atoms with van der Waals surface area (Å²) in [6, 6.07) is 3.39. The molecule has 0 bridgehead atoms. The topological polar surface area (TPSA) is 34.1 Å². The highest BCUT2D eigenvalue weighted by atomic mass is 35.5. The van der Waals surface area contributed by atoms with Gasteiger partial charge in [-0.1, -0.05) is 69.9 Å². The molecule has 0 saturated heterocycles. The van der Waals surface area contributed by atoms with Crippen LogP contribution in [0.3, 0.4) is 0 Å². The lowest BCUT2D eigenvalue weighted by Crippen LogP contribution is -2.02. The predicted molar refractivity (Wildman–Crippen MR) is 101 cm³/mol. The third-order valence-electron chi connectivity index (χ3n) is 3.41. The highest BCUT2D eigenvalue weighted by molar-refractivity contribution is 8.05. The molecule has 0 aromatic heterocycles. The zero-order valence-electron chi connectivity index (χ0n) is 12.3. The van der Waals surface area contributed by atoms with E-state index in [-0.39, 0.29) is 11.6 Å². The Labute approximate surface area is 167 Å². The number of ketones is 2. The minimum Gasteiger partial charge on any atom is -0.294 e. The molecule has 1 aliphatic heterocycles. The molecule has 1 heterocycles. The van der Waals surface area contributed by atoms with E-state index >= 15 is 0 Å². The van der Waals surface area contributed by atoms with Crippen molar-refractivity contribution < 1.29 is 9.59 Å². The summed E-state index contributed by atoms with van der Waals surface area (Å²) in [6.45, 7) is 2.84. The van der Waals surface area contributed by atoms with Gasteiger partial charge in [0.1, 0.15) is 0 Å².